The van der Waals surface area contributed by atoms with Crippen LogP contribution in [0, 0.1) is 0 Å². The van der Waals surface area contributed by atoms with Crippen LogP contribution in [-0.2, 0) is 6.42 Å². The molecule has 0 amide bonds. The number of hydrogen-bond acceptors (Lipinski definition) is 1. The molecule has 1 atom stereocenters. The Balaban J connectivity index is 2.20. The maximum absolute atomic E-state index is 6.00. The van der Waals surface area contributed by atoms with Gasteiger partial charge in [-0.3, -0.25) is 0 Å². The summed E-state index contributed by atoms with van der Waals surface area (Å²) in [5, 5.41) is 5.04. The van der Waals surface area contributed by atoms with E-state index in [1.165, 1.54) is 11.1 Å². The molecule has 0 saturated carbocycles. The van der Waals surface area contributed by atoms with Crippen LogP contribution in [0.4, 0.5) is 0 Å². The molecule has 0 bridgehead atoms. The molecule has 0 fully saturated rings. The first-order valence-corrected chi connectivity index (χ1v) is 7.80. The first kappa shape index (κ1) is 12.6. The van der Waals surface area contributed by atoms with Crippen molar-refractivity contribution in [3.63, 3.8) is 0 Å². The summed E-state index contributed by atoms with van der Waals surface area (Å²) in [4.78, 5) is 0.287. The van der Waals surface area contributed by atoms with Gasteiger partial charge in [-0.25, -0.2) is 0 Å². The van der Waals surface area contributed by atoms with Crippen molar-refractivity contribution in [1.29, 1.82) is 0 Å². The van der Waals surface area contributed by atoms with Crippen LogP contribution in [0.1, 0.15) is 16.0 Å². The highest BCUT2D eigenvalue weighted by Crippen LogP contribution is 2.34. The van der Waals surface area contributed by atoms with Gasteiger partial charge in [0.05, 0.1) is 0 Å². The zero-order valence-corrected chi connectivity index (χ0v) is 13.0. The van der Waals surface area contributed by atoms with Crippen LogP contribution in [0.2, 0.25) is 5.02 Å². The lowest BCUT2D eigenvalue weighted by atomic mass is 10.1. The molecular formula is C12H9Br2ClS. The molecule has 1 unspecified atom stereocenters. The quantitative estimate of drug-likeness (QED) is 0.587. The maximum atomic E-state index is 6.00. The second kappa shape index (κ2) is 5.67. The average molecular weight is 381 g/mol. The summed E-state index contributed by atoms with van der Waals surface area (Å²) in [6, 6.07) is 8.02. The summed E-state index contributed by atoms with van der Waals surface area (Å²) in [6.07, 6.45) is 0.975. The van der Waals surface area contributed by atoms with Crippen LogP contribution in [0.25, 0.3) is 0 Å². The van der Waals surface area contributed by atoms with Crippen molar-refractivity contribution < 1.29 is 0 Å². The third kappa shape index (κ3) is 3.10. The molecule has 4 heteroatoms. The Labute approximate surface area is 121 Å². The molecule has 1 heterocycles. The van der Waals surface area contributed by atoms with E-state index in [4.69, 9.17) is 11.6 Å². The Morgan fingerprint density at radius 2 is 2.12 bits per heavy atom. The smallest absolute Gasteiger partial charge is 0.0447 e. The summed E-state index contributed by atoms with van der Waals surface area (Å²) >= 11 is 15.0. The number of benzene rings is 1. The van der Waals surface area contributed by atoms with Crippen LogP contribution in [0.15, 0.2) is 39.5 Å². The van der Waals surface area contributed by atoms with E-state index in [9.17, 15) is 0 Å². The van der Waals surface area contributed by atoms with Gasteiger partial charge in [0.25, 0.3) is 0 Å². The topological polar surface area (TPSA) is 0 Å². The molecule has 0 nitrogen and oxygen atoms in total. The van der Waals surface area contributed by atoms with Crippen molar-refractivity contribution in [3.05, 3.63) is 55.6 Å². The molecule has 0 radical (unpaired) electrons. The van der Waals surface area contributed by atoms with Crippen molar-refractivity contribution in [3.8, 4) is 0 Å². The van der Waals surface area contributed by atoms with Crippen LogP contribution in [0.5, 0.6) is 0 Å². The van der Waals surface area contributed by atoms with Crippen molar-refractivity contribution >= 4 is 54.8 Å². The maximum Gasteiger partial charge on any atom is 0.0447 e. The van der Waals surface area contributed by atoms with Crippen LogP contribution in [-0.4, -0.2) is 0 Å². The van der Waals surface area contributed by atoms with E-state index < -0.39 is 0 Å². The standard InChI is InChI=1S/C12H9Br2ClS/c13-11-2-1-9(15)6-10(11)12(14)5-8-3-4-16-7-8/h1-4,6-7,12H,5H2. The lowest BCUT2D eigenvalue weighted by Gasteiger charge is -2.11. The van der Waals surface area contributed by atoms with Crippen molar-refractivity contribution in [2.75, 3.05) is 0 Å². The number of hydrogen-bond donors (Lipinski definition) is 0. The molecule has 16 heavy (non-hydrogen) atoms. The van der Waals surface area contributed by atoms with E-state index >= 15 is 0 Å². The Hall–Kier alpha value is 0.170. The number of rotatable bonds is 3. The van der Waals surface area contributed by atoms with E-state index in [1.807, 2.05) is 18.2 Å². The lowest BCUT2D eigenvalue weighted by Crippen LogP contribution is -1.95. The number of thiophene rings is 1. The van der Waals surface area contributed by atoms with Crippen molar-refractivity contribution in [2.45, 2.75) is 11.2 Å². The first-order valence-electron chi connectivity index (χ1n) is 4.77. The van der Waals surface area contributed by atoms with Gasteiger partial charge < -0.3 is 0 Å². The van der Waals surface area contributed by atoms with E-state index in [0.717, 1.165) is 15.9 Å². The van der Waals surface area contributed by atoms with Gasteiger partial charge in [-0.15, -0.1) is 0 Å². The molecule has 84 valence electrons. The largest absolute Gasteiger partial charge is 0.152 e. The minimum atomic E-state index is 0.287. The number of halogens is 3. The number of alkyl halides is 1. The fourth-order valence-corrected chi connectivity index (χ4v) is 3.93. The first-order chi connectivity index (χ1) is 7.66. The Kier molecular flexibility index (Phi) is 4.48. The Morgan fingerprint density at radius 1 is 1.31 bits per heavy atom. The monoisotopic (exact) mass is 378 g/mol. The highest BCUT2D eigenvalue weighted by Gasteiger charge is 2.12. The van der Waals surface area contributed by atoms with Gasteiger partial charge in [-0.05, 0) is 52.6 Å². The third-order valence-electron chi connectivity index (χ3n) is 2.29. The molecule has 0 N–H and O–H groups in total. The van der Waals surface area contributed by atoms with Gasteiger partial charge in [-0.2, -0.15) is 11.3 Å². The van der Waals surface area contributed by atoms with Gasteiger partial charge in [-0.1, -0.05) is 43.5 Å². The van der Waals surface area contributed by atoms with E-state index in [1.54, 1.807) is 11.3 Å². The Morgan fingerprint density at radius 3 is 2.81 bits per heavy atom. The van der Waals surface area contributed by atoms with Crippen LogP contribution < -0.4 is 0 Å². The highest BCUT2D eigenvalue weighted by molar-refractivity contribution is 9.11. The molecule has 0 saturated heterocycles. The molecule has 0 spiro atoms. The zero-order chi connectivity index (χ0) is 11.5. The molecule has 1 aromatic heterocycles. The van der Waals surface area contributed by atoms with Crippen molar-refractivity contribution in [2.24, 2.45) is 0 Å². The summed E-state index contributed by atoms with van der Waals surface area (Å²) in [6.45, 7) is 0. The van der Waals surface area contributed by atoms with Gasteiger partial charge in [0.15, 0.2) is 0 Å². The molecule has 0 aliphatic carbocycles. The second-order valence-electron chi connectivity index (χ2n) is 3.47. The van der Waals surface area contributed by atoms with Gasteiger partial charge in [0.1, 0.15) is 0 Å². The SMILES string of the molecule is Clc1ccc(Br)c(C(Br)Cc2ccsc2)c1. The zero-order valence-electron chi connectivity index (χ0n) is 8.29. The third-order valence-corrected chi connectivity index (χ3v) is 4.80. The second-order valence-corrected chi connectivity index (χ2v) is 6.65. The Bertz CT molecular complexity index is 468. The van der Waals surface area contributed by atoms with E-state index in [0.29, 0.717) is 0 Å². The van der Waals surface area contributed by atoms with Crippen LogP contribution in [0.3, 0.4) is 0 Å². The highest BCUT2D eigenvalue weighted by atomic mass is 79.9. The minimum Gasteiger partial charge on any atom is -0.152 e. The normalized spacial score (nSPS) is 12.7. The lowest BCUT2D eigenvalue weighted by molar-refractivity contribution is 0.949. The molecule has 2 rings (SSSR count). The summed E-state index contributed by atoms with van der Waals surface area (Å²) in [5.74, 6) is 0. The predicted molar refractivity (Wildman–Crippen MR) is 78.8 cm³/mol. The fraction of sp³-hybridized carbons (Fsp3) is 0.167. The minimum absolute atomic E-state index is 0.287. The molecule has 0 aliphatic heterocycles. The van der Waals surface area contributed by atoms with Gasteiger partial charge in [0.2, 0.25) is 0 Å². The van der Waals surface area contributed by atoms with Crippen molar-refractivity contribution in [1.82, 2.24) is 0 Å². The molecule has 2 aromatic rings. The predicted octanol–water partition coefficient (Wildman–Crippen LogP) is 5.84. The van der Waals surface area contributed by atoms with Gasteiger partial charge in [0, 0.05) is 14.3 Å². The molecule has 1 aromatic carbocycles. The summed E-state index contributed by atoms with van der Waals surface area (Å²) in [7, 11) is 0. The fourth-order valence-electron chi connectivity index (χ4n) is 1.48. The van der Waals surface area contributed by atoms with Gasteiger partial charge >= 0.3 is 0 Å². The average Bonchev–Trinajstić information content (AvgIpc) is 2.74. The van der Waals surface area contributed by atoms with E-state index in [-0.39, 0.29) is 4.83 Å². The van der Waals surface area contributed by atoms with E-state index in [2.05, 4.69) is 48.7 Å². The summed E-state index contributed by atoms with van der Waals surface area (Å²) < 4.78 is 1.09. The summed E-state index contributed by atoms with van der Waals surface area (Å²) in [5.41, 5.74) is 2.54. The molecule has 0 aliphatic rings. The molecular weight excluding hydrogens is 371 g/mol. The van der Waals surface area contributed by atoms with Crippen LogP contribution >= 0.6 is 54.8 Å².